The van der Waals surface area contributed by atoms with Crippen LogP contribution in [0.25, 0.3) is 0 Å². The van der Waals surface area contributed by atoms with Gasteiger partial charge in [0.1, 0.15) is 5.82 Å². The number of aromatic carboxylic acids is 1. The minimum Gasteiger partial charge on any atom is -0.478 e. The second-order valence-electron chi connectivity index (χ2n) is 4.54. The summed E-state index contributed by atoms with van der Waals surface area (Å²) >= 11 is 0. The molecule has 0 aliphatic rings. The van der Waals surface area contributed by atoms with Crippen LogP contribution in [-0.2, 0) is 14.6 Å². The van der Waals surface area contributed by atoms with Crippen molar-refractivity contribution in [3.8, 4) is 0 Å². The van der Waals surface area contributed by atoms with Crippen LogP contribution in [0.4, 0.5) is 4.39 Å². The third-order valence-electron chi connectivity index (χ3n) is 3.05. The highest BCUT2D eigenvalue weighted by molar-refractivity contribution is 7.92. The standard InChI is InChI=1S/C13H17FO5S/c1-8-6-10(7-11(12(8)14)13(15)16)20(17,18)9(2)4-5-19-3/h6-7,9H,4-5H2,1-3H3,(H,15,16). The number of hydrogen-bond donors (Lipinski definition) is 1. The second-order valence-corrected chi connectivity index (χ2v) is 6.91. The van der Waals surface area contributed by atoms with Crippen LogP contribution in [0.2, 0.25) is 0 Å². The summed E-state index contributed by atoms with van der Waals surface area (Å²) in [6.07, 6.45) is 0.275. The fourth-order valence-electron chi connectivity index (χ4n) is 1.73. The molecule has 0 aliphatic heterocycles. The lowest BCUT2D eigenvalue weighted by molar-refractivity contribution is 0.0691. The molecule has 1 aromatic carbocycles. The van der Waals surface area contributed by atoms with Crippen molar-refractivity contribution < 1.29 is 27.4 Å². The quantitative estimate of drug-likeness (QED) is 0.813. The monoisotopic (exact) mass is 304 g/mol. The van der Waals surface area contributed by atoms with Gasteiger partial charge < -0.3 is 9.84 Å². The van der Waals surface area contributed by atoms with Crippen LogP contribution >= 0.6 is 0 Å². The number of rotatable bonds is 6. The van der Waals surface area contributed by atoms with Gasteiger partial charge in [-0.05, 0) is 38.0 Å². The van der Waals surface area contributed by atoms with E-state index in [1.807, 2.05) is 0 Å². The van der Waals surface area contributed by atoms with Gasteiger partial charge in [0, 0.05) is 13.7 Å². The van der Waals surface area contributed by atoms with E-state index in [0.717, 1.165) is 12.1 Å². The molecule has 0 saturated heterocycles. The number of aryl methyl sites for hydroxylation is 1. The Morgan fingerprint density at radius 2 is 2.05 bits per heavy atom. The van der Waals surface area contributed by atoms with Gasteiger partial charge in [-0.2, -0.15) is 0 Å². The number of hydrogen-bond acceptors (Lipinski definition) is 4. The molecule has 0 aromatic heterocycles. The average Bonchev–Trinajstić information content (AvgIpc) is 2.38. The zero-order valence-corrected chi connectivity index (χ0v) is 12.3. The van der Waals surface area contributed by atoms with E-state index < -0.39 is 32.4 Å². The highest BCUT2D eigenvalue weighted by Gasteiger charge is 2.26. The van der Waals surface area contributed by atoms with Crippen LogP contribution in [0.15, 0.2) is 17.0 Å². The van der Waals surface area contributed by atoms with Crippen molar-refractivity contribution in [2.75, 3.05) is 13.7 Å². The van der Waals surface area contributed by atoms with Crippen molar-refractivity contribution in [1.29, 1.82) is 0 Å². The number of benzene rings is 1. The Labute approximate surface area is 117 Å². The number of carboxylic acids is 1. The molecule has 0 bridgehead atoms. The molecule has 112 valence electrons. The predicted molar refractivity (Wildman–Crippen MR) is 71.2 cm³/mol. The van der Waals surface area contributed by atoms with Crippen LogP contribution in [0.3, 0.4) is 0 Å². The Morgan fingerprint density at radius 3 is 2.55 bits per heavy atom. The number of carboxylic acid groups (broad SMARTS) is 1. The number of carbonyl (C=O) groups is 1. The third kappa shape index (κ3) is 3.34. The van der Waals surface area contributed by atoms with Crippen LogP contribution in [0, 0.1) is 12.7 Å². The van der Waals surface area contributed by atoms with Gasteiger partial charge in [0.05, 0.1) is 15.7 Å². The van der Waals surface area contributed by atoms with Gasteiger partial charge in [0.25, 0.3) is 0 Å². The number of ether oxygens (including phenoxy) is 1. The molecular formula is C13H17FO5S. The highest BCUT2D eigenvalue weighted by Crippen LogP contribution is 2.23. The first-order chi connectivity index (χ1) is 9.21. The van der Waals surface area contributed by atoms with E-state index >= 15 is 0 Å². The van der Waals surface area contributed by atoms with E-state index in [1.54, 1.807) is 0 Å². The minimum atomic E-state index is -3.72. The summed E-state index contributed by atoms with van der Waals surface area (Å²) in [4.78, 5) is 10.8. The summed E-state index contributed by atoms with van der Waals surface area (Å²) in [7, 11) is -2.25. The normalized spacial score (nSPS) is 13.2. The average molecular weight is 304 g/mol. The second kappa shape index (κ2) is 6.32. The molecular weight excluding hydrogens is 287 g/mol. The van der Waals surface area contributed by atoms with E-state index in [1.165, 1.54) is 21.0 Å². The first-order valence-corrected chi connectivity index (χ1v) is 7.52. The number of sulfone groups is 1. The van der Waals surface area contributed by atoms with Gasteiger partial charge in [-0.15, -0.1) is 0 Å². The molecule has 1 N–H and O–H groups in total. The Kier molecular flexibility index (Phi) is 5.24. The number of methoxy groups -OCH3 is 1. The zero-order chi connectivity index (χ0) is 15.5. The summed E-state index contributed by atoms with van der Waals surface area (Å²) in [5.74, 6) is -2.41. The molecule has 1 atom stereocenters. The van der Waals surface area contributed by atoms with E-state index in [0.29, 0.717) is 0 Å². The molecule has 20 heavy (non-hydrogen) atoms. The van der Waals surface area contributed by atoms with Crippen molar-refractivity contribution in [3.63, 3.8) is 0 Å². The summed E-state index contributed by atoms with van der Waals surface area (Å²) in [5.41, 5.74) is -0.648. The molecule has 0 heterocycles. The predicted octanol–water partition coefficient (Wildman–Crippen LogP) is 2.03. The molecule has 1 rings (SSSR count). The van der Waals surface area contributed by atoms with Crippen molar-refractivity contribution in [2.45, 2.75) is 30.4 Å². The topological polar surface area (TPSA) is 80.7 Å². The Balaban J connectivity index is 3.29. The molecule has 0 radical (unpaired) electrons. The van der Waals surface area contributed by atoms with E-state index in [9.17, 15) is 17.6 Å². The lowest BCUT2D eigenvalue weighted by atomic mass is 10.1. The van der Waals surface area contributed by atoms with Gasteiger partial charge >= 0.3 is 5.97 Å². The van der Waals surface area contributed by atoms with Crippen LogP contribution in [0.1, 0.15) is 29.3 Å². The summed E-state index contributed by atoms with van der Waals surface area (Å²) < 4.78 is 43.1. The summed E-state index contributed by atoms with van der Waals surface area (Å²) in [5, 5.41) is 8.16. The van der Waals surface area contributed by atoms with Crippen molar-refractivity contribution in [1.82, 2.24) is 0 Å². The molecule has 0 saturated carbocycles. The molecule has 7 heteroatoms. The Hall–Kier alpha value is -1.47. The van der Waals surface area contributed by atoms with Crippen LogP contribution in [0.5, 0.6) is 0 Å². The molecule has 1 unspecified atom stereocenters. The van der Waals surface area contributed by atoms with Gasteiger partial charge in [-0.1, -0.05) is 0 Å². The summed E-state index contributed by atoms with van der Waals surface area (Å²) in [6, 6.07) is 2.02. The molecule has 0 aliphatic carbocycles. The lowest BCUT2D eigenvalue weighted by Crippen LogP contribution is -2.20. The lowest BCUT2D eigenvalue weighted by Gasteiger charge is -2.14. The SMILES string of the molecule is COCCC(C)S(=O)(=O)c1cc(C)c(F)c(C(=O)O)c1. The van der Waals surface area contributed by atoms with Crippen molar-refractivity contribution in [3.05, 3.63) is 29.1 Å². The van der Waals surface area contributed by atoms with Crippen LogP contribution < -0.4 is 0 Å². The van der Waals surface area contributed by atoms with Gasteiger partial charge in [-0.25, -0.2) is 17.6 Å². The fraction of sp³-hybridized carbons (Fsp3) is 0.462. The zero-order valence-electron chi connectivity index (χ0n) is 11.5. The Bertz CT molecular complexity index is 609. The van der Waals surface area contributed by atoms with Gasteiger partial charge in [0.2, 0.25) is 0 Å². The highest BCUT2D eigenvalue weighted by atomic mass is 32.2. The Morgan fingerprint density at radius 1 is 1.45 bits per heavy atom. The smallest absolute Gasteiger partial charge is 0.338 e. The van der Waals surface area contributed by atoms with Crippen LogP contribution in [-0.4, -0.2) is 38.5 Å². The molecule has 5 nitrogen and oxygen atoms in total. The fourth-order valence-corrected chi connectivity index (χ4v) is 3.22. The maximum Gasteiger partial charge on any atom is 0.338 e. The van der Waals surface area contributed by atoms with E-state index in [-0.39, 0.29) is 23.5 Å². The maximum atomic E-state index is 13.6. The molecule has 0 fully saturated rings. The first-order valence-electron chi connectivity index (χ1n) is 5.98. The van der Waals surface area contributed by atoms with Gasteiger partial charge in [0.15, 0.2) is 9.84 Å². The molecule has 1 aromatic rings. The minimum absolute atomic E-state index is 0.0117. The van der Waals surface area contributed by atoms with Gasteiger partial charge in [-0.3, -0.25) is 0 Å². The summed E-state index contributed by atoms with van der Waals surface area (Å²) in [6.45, 7) is 3.11. The first kappa shape index (κ1) is 16.6. The van der Waals surface area contributed by atoms with E-state index in [4.69, 9.17) is 9.84 Å². The molecule has 0 spiro atoms. The number of halogens is 1. The molecule has 0 amide bonds. The largest absolute Gasteiger partial charge is 0.478 e. The van der Waals surface area contributed by atoms with E-state index in [2.05, 4.69) is 0 Å². The van der Waals surface area contributed by atoms with Crippen molar-refractivity contribution in [2.24, 2.45) is 0 Å². The maximum absolute atomic E-state index is 13.6. The third-order valence-corrected chi connectivity index (χ3v) is 5.23. The van der Waals surface area contributed by atoms with Crippen molar-refractivity contribution >= 4 is 15.8 Å².